The van der Waals surface area contributed by atoms with Crippen molar-refractivity contribution in [1.82, 2.24) is 25.1 Å². The highest BCUT2D eigenvalue weighted by Crippen LogP contribution is 2.31. The van der Waals surface area contributed by atoms with Crippen molar-refractivity contribution >= 4 is 11.7 Å². The van der Waals surface area contributed by atoms with Crippen molar-refractivity contribution in [1.29, 1.82) is 0 Å². The highest BCUT2D eigenvalue weighted by atomic mass is 16.2. The molecule has 1 amide bonds. The number of aromatic nitrogens is 4. The van der Waals surface area contributed by atoms with Gasteiger partial charge in [0.15, 0.2) is 0 Å². The molecule has 3 heterocycles. The molecule has 2 aliphatic rings. The third kappa shape index (κ3) is 4.31. The molecule has 5 rings (SSSR count). The molecule has 3 aromatic rings. The Kier molecular flexibility index (Phi) is 5.65. The van der Waals surface area contributed by atoms with Gasteiger partial charge in [-0.25, -0.2) is 4.98 Å². The minimum atomic E-state index is -0.0273. The zero-order chi connectivity index (χ0) is 21.0. The summed E-state index contributed by atoms with van der Waals surface area (Å²) in [5, 5.41) is 8.00. The summed E-state index contributed by atoms with van der Waals surface area (Å²) in [4.78, 5) is 23.9. The van der Waals surface area contributed by atoms with Crippen LogP contribution in [0.5, 0.6) is 0 Å². The maximum Gasteiger partial charge on any atom is 0.225 e. The second kappa shape index (κ2) is 8.88. The van der Waals surface area contributed by atoms with Crippen molar-refractivity contribution in [2.45, 2.75) is 44.7 Å². The van der Waals surface area contributed by atoms with Crippen LogP contribution in [0.15, 0.2) is 55.1 Å². The molecule has 2 unspecified atom stereocenters. The van der Waals surface area contributed by atoms with Crippen molar-refractivity contribution < 1.29 is 4.79 Å². The fraction of sp³-hybridized carbons (Fsp3) is 0.417. The van der Waals surface area contributed by atoms with E-state index in [-0.39, 0.29) is 17.9 Å². The molecule has 2 atom stereocenters. The molecule has 7 heteroatoms. The lowest BCUT2D eigenvalue weighted by molar-refractivity contribution is -0.126. The number of amides is 1. The molecule has 2 aromatic heterocycles. The van der Waals surface area contributed by atoms with Gasteiger partial charge in [0.05, 0.1) is 30.9 Å². The lowest BCUT2D eigenvalue weighted by atomic mass is 9.91. The zero-order valence-electron chi connectivity index (χ0n) is 17.7. The molecule has 0 spiro atoms. The van der Waals surface area contributed by atoms with Crippen LogP contribution in [0, 0.1) is 5.92 Å². The lowest BCUT2D eigenvalue weighted by Crippen LogP contribution is -2.44. The maximum atomic E-state index is 13.1. The van der Waals surface area contributed by atoms with Gasteiger partial charge in [-0.3, -0.25) is 14.5 Å². The summed E-state index contributed by atoms with van der Waals surface area (Å²) in [5.41, 5.74) is 3.67. The summed E-state index contributed by atoms with van der Waals surface area (Å²) in [5.74, 6) is 0.963. The summed E-state index contributed by atoms with van der Waals surface area (Å²) in [6.45, 7) is 2.38. The molecule has 160 valence electrons. The van der Waals surface area contributed by atoms with Crippen LogP contribution < -0.4 is 10.2 Å². The number of carbonyl (C=O) groups excluding carboxylic acids is 1. The van der Waals surface area contributed by atoms with Gasteiger partial charge in [-0.1, -0.05) is 30.3 Å². The minimum absolute atomic E-state index is 0.0273. The Hall–Kier alpha value is -3.22. The average Bonchev–Trinajstić information content (AvgIpc) is 3.24. The quantitative estimate of drug-likeness (QED) is 0.692. The van der Waals surface area contributed by atoms with Crippen molar-refractivity contribution in [2.24, 2.45) is 5.92 Å². The SMILES string of the molecule is O=C(NC1CCCc2c1cnn2Cc1ccccc1)C1CCCN(c2cnccn2)C1. The number of hydrogen-bond acceptors (Lipinski definition) is 5. The van der Waals surface area contributed by atoms with Gasteiger partial charge in [0, 0.05) is 36.7 Å². The van der Waals surface area contributed by atoms with Gasteiger partial charge in [0.25, 0.3) is 0 Å². The number of benzene rings is 1. The normalized spacial score (nSPS) is 20.8. The first kappa shape index (κ1) is 19.7. The van der Waals surface area contributed by atoms with Gasteiger partial charge in [0.1, 0.15) is 5.82 Å². The van der Waals surface area contributed by atoms with E-state index in [4.69, 9.17) is 0 Å². The maximum absolute atomic E-state index is 13.1. The van der Waals surface area contributed by atoms with Crippen LogP contribution in [0.4, 0.5) is 5.82 Å². The monoisotopic (exact) mass is 416 g/mol. The predicted molar refractivity (Wildman–Crippen MR) is 119 cm³/mol. The number of rotatable bonds is 5. The summed E-state index contributed by atoms with van der Waals surface area (Å²) in [7, 11) is 0. The van der Waals surface area contributed by atoms with Gasteiger partial charge >= 0.3 is 0 Å². The average molecular weight is 417 g/mol. The molecule has 1 aromatic carbocycles. The van der Waals surface area contributed by atoms with E-state index in [2.05, 4.69) is 54.2 Å². The number of anilines is 1. The Balaban J connectivity index is 1.26. The van der Waals surface area contributed by atoms with Crippen molar-refractivity contribution in [3.8, 4) is 0 Å². The smallest absolute Gasteiger partial charge is 0.225 e. The van der Waals surface area contributed by atoms with Crippen LogP contribution in [0.2, 0.25) is 0 Å². The number of piperidine rings is 1. The Bertz CT molecular complexity index is 1020. The van der Waals surface area contributed by atoms with Crippen molar-refractivity contribution in [3.05, 3.63) is 71.9 Å². The summed E-state index contributed by atoms with van der Waals surface area (Å²) in [6, 6.07) is 10.5. The standard InChI is InChI=1S/C24H28N6O/c31-24(19-8-5-13-29(17-19)23-15-25-11-12-26-23)28-21-9-4-10-22-20(21)14-27-30(22)16-18-6-2-1-3-7-18/h1-3,6-7,11-12,14-15,19,21H,4-5,8-10,13,16-17H2,(H,28,31). The topological polar surface area (TPSA) is 75.9 Å². The van der Waals surface area contributed by atoms with Crippen LogP contribution in [-0.2, 0) is 17.8 Å². The first-order valence-electron chi connectivity index (χ1n) is 11.2. The van der Waals surface area contributed by atoms with E-state index >= 15 is 0 Å². The number of carbonyl (C=O) groups is 1. The second-order valence-electron chi connectivity index (χ2n) is 8.49. The third-order valence-corrected chi connectivity index (χ3v) is 6.42. The van der Waals surface area contributed by atoms with E-state index in [9.17, 15) is 4.79 Å². The fourth-order valence-corrected chi connectivity index (χ4v) is 4.80. The minimum Gasteiger partial charge on any atom is -0.355 e. The van der Waals surface area contributed by atoms with E-state index in [0.717, 1.165) is 51.0 Å². The number of fused-ring (bicyclic) bond motifs is 1. The highest BCUT2D eigenvalue weighted by molar-refractivity contribution is 5.80. The molecule has 1 N–H and O–H groups in total. The van der Waals surface area contributed by atoms with Gasteiger partial charge in [-0.2, -0.15) is 5.10 Å². The Morgan fingerprint density at radius 3 is 2.84 bits per heavy atom. The van der Waals surface area contributed by atoms with Gasteiger partial charge in [-0.15, -0.1) is 0 Å². The van der Waals surface area contributed by atoms with E-state index in [1.54, 1.807) is 18.6 Å². The summed E-state index contributed by atoms with van der Waals surface area (Å²) >= 11 is 0. The fourth-order valence-electron chi connectivity index (χ4n) is 4.80. The van der Waals surface area contributed by atoms with Crippen LogP contribution in [0.1, 0.15) is 48.5 Å². The molecule has 0 bridgehead atoms. The molecule has 1 fully saturated rings. The van der Waals surface area contributed by atoms with E-state index in [1.807, 2.05) is 12.3 Å². The van der Waals surface area contributed by atoms with Crippen LogP contribution >= 0.6 is 0 Å². The number of nitrogens with one attached hydrogen (secondary N) is 1. The Morgan fingerprint density at radius 1 is 1.10 bits per heavy atom. The van der Waals surface area contributed by atoms with Crippen molar-refractivity contribution in [2.75, 3.05) is 18.0 Å². The number of hydrogen-bond donors (Lipinski definition) is 1. The van der Waals surface area contributed by atoms with Gasteiger partial charge < -0.3 is 10.2 Å². The van der Waals surface area contributed by atoms with E-state index in [1.165, 1.54) is 16.8 Å². The molecule has 1 saturated heterocycles. The molecule has 0 radical (unpaired) electrons. The largest absolute Gasteiger partial charge is 0.355 e. The molecular weight excluding hydrogens is 388 g/mol. The van der Waals surface area contributed by atoms with E-state index in [0.29, 0.717) is 6.54 Å². The Morgan fingerprint density at radius 2 is 2.00 bits per heavy atom. The molecule has 31 heavy (non-hydrogen) atoms. The second-order valence-corrected chi connectivity index (χ2v) is 8.49. The first-order valence-corrected chi connectivity index (χ1v) is 11.2. The first-order chi connectivity index (χ1) is 15.3. The number of nitrogens with zero attached hydrogens (tertiary/aromatic N) is 5. The molecule has 1 aliphatic heterocycles. The third-order valence-electron chi connectivity index (χ3n) is 6.42. The molecule has 7 nitrogen and oxygen atoms in total. The zero-order valence-corrected chi connectivity index (χ0v) is 17.7. The van der Waals surface area contributed by atoms with Crippen molar-refractivity contribution in [3.63, 3.8) is 0 Å². The van der Waals surface area contributed by atoms with Gasteiger partial charge in [-0.05, 0) is 37.7 Å². The predicted octanol–water partition coefficient (Wildman–Crippen LogP) is 3.13. The molecular formula is C24H28N6O. The molecule has 1 aliphatic carbocycles. The lowest BCUT2D eigenvalue weighted by Gasteiger charge is -2.34. The van der Waals surface area contributed by atoms with Crippen LogP contribution in [0.25, 0.3) is 0 Å². The Labute approximate surface area is 182 Å². The van der Waals surface area contributed by atoms with E-state index < -0.39 is 0 Å². The van der Waals surface area contributed by atoms with Crippen LogP contribution in [0.3, 0.4) is 0 Å². The van der Waals surface area contributed by atoms with Gasteiger partial charge in [0.2, 0.25) is 5.91 Å². The summed E-state index contributed by atoms with van der Waals surface area (Å²) in [6.07, 6.45) is 12.1. The summed E-state index contributed by atoms with van der Waals surface area (Å²) < 4.78 is 2.10. The molecule has 0 saturated carbocycles. The highest BCUT2D eigenvalue weighted by Gasteiger charge is 2.31. The van der Waals surface area contributed by atoms with Crippen LogP contribution in [-0.4, -0.2) is 38.7 Å².